The lowest BCUT2D eigenvalue weighted by Crippen LogP contribution is -2.51. The van der Waals surface area contributed by atoms with Crippen LogP contribution in [0.3, 0.4) is 0 Å². The first-order valence-electron chi connectivity index (χ1n) is 10.2. The third-order valence-electron chi connectivity index (χ3n) is 4.05. The van der Waals surface area contributed by atoms with Gasteiger partial charge in [-0.3, -0.25) is 0 Å². The number of hydrogen-bond donors (Lipinski definition) is 1. The lowest BCUT2D eigenvalue weighted by molar-refractivity contribution is 0.0192. The molecule has 8 heteroatoms. The predicted molar refractivity (Wildman–Crippen MR) is 118 cm³/mol. The fourth-order valence-electron chi connectivity index (χ4n) is 2.78. The van der Waals surface area contributed by atoms with Gasteiger partial charge in [0.1, 0.15) is 5.60 Å². The molecular weight excluding hydrogens is 390 g/mol. The Morgan fingerprint density at radius 1 is 1.00 bits per heavy atom. The van der Waals surface area contributed by atoms with Crippen molar-refractivity contribution in [1.82, 2.24) is 14.2 Å². The average molecular weight is 426 g/mol. The van der Waals surface area contributed by atoms with E-state index < -0.39 is 21.7 Å². The summed E-state index contributed by atoms with van der Waals surface area (Å²) in [5.41, 5.74) is 0.334. The number of ether oxygens (including phenoxy) is 1. The van der Waals surface area contributed by atoms with Gasteiger partial charge in [0.05, 0.1) is 4.90 Å². The molecule has 1 aliphatic heterocycles. The molecule has 164 valence electrons. The quantitative estimate of drug-likeness (QED) is 0.770. The topological polar surface area (TPSA) is 82.7 Å². The van der Waals surface area contributed by atoms with Crippen molar-refractivity contribution < 1.29 is 17.9 Å². The molecule has 0 aliphatic carbocycles. The summed E-state index contributed by atoms with van der Waals surface area (Å²) in [6.07, 6.45) is 1.37. The van der Waals surface area contributed by atoms with Gasteiger partial charge in [-0.05, 0) is 45.0 Å². The van der Waals surface area contributed by atoms with Gasteiger partial charge in [0.15, 0.2) is 0 Å². The normalized spacial score (nSPS) is 15.1. The Bertz CT molecular complexity index is 877. The number of carbonyl (C=O) groups excluding carboxylic acids is 1. The first-order valence-corrected chi connectivity index (χ1v) is 11.7. The third-order valence-corrected chi connectivity index (χ3v) is 5.95. The van der Waals surface area contributed by atoms with Crippen molar-refractivity contribution in [1.29, 1.82) is 0 Å². The van der Waals surface area contributed by atoms with Crippen LogP contribution >= 0.6 is 0 Å². The summed E-state index contributed by atoms with van der Waals surface area (Å²) in [5, 5.41) is 0.855. The number of rotatable bonds is 2. The molecule has 0 bridgehead atoms. The van der Waals surface area contributed by atoms with Crippen LogP contribution in [-0.2, 0) is 14.8 Å². The summed E-state index contributed by atoms with van der Waals surface area (Å²) in [4.78, 5) is 17.0. The maximum Gasteiger partial charge on any atom is 0.410 e. The summed E-state index contributed by atoms with van der Waals surface area (Å²) in [7, 11) is -3.57. The molecule has 2 heterocycles. The predicted octanol–water partition coefficient (Wildman–Crippen LogP) is 4.46. The summed E-state index contributed by atoms with van der Waals surface area (Å²) in [5.74, 6) is 0. The van der Waals surface area contributed by atoms with E-state index in [1.54, 1.807) is 29.3 Å². The molecule has 0 radical (unpaired) electrons. The molecule has 3 rings (SSSR count). The van der Waals surface area contributed by atoms with E-state index >= 15 is 0 Å². The van der Waals surface area contributed by atoms with Gasteiger partial charge in [-0.1, -0.05) is 27.7 Å². The highest BCUT2D eigenvalue weighted by Crippen LogP contribution is 2.22. The number of sulfonamides is 1. The fraction of sp³-hybridized carbons (Fsp3) is 0.571. The molecule has 1 saturated heterocycles. The number of aromatic amines is 1. The lowest BCUT2D eigenvalue weighted by Gasteiger charge is -2.34. The van der Waals surface area contributed by atoms with Crippen molar-refractivity contribution >= 4 is 27.0 Å². The number of aromatic nitrogens is 1. The maximum absolute atomic E-state index is 12.8. The first-order chi connectivity index (χ1) is 13.7. The molecule has 1 aromatic heterocycles. The average Bonchev–Trinajstić information content (AvgIpc) is 3.18. The minimum absolute atomic E-state index is 0.257. The van der Waals surface area contributed by atoms with Crippen molar-refractivity contribution in [3.63, 3.8) is 0 Å². The molecule has 1 aliphatic rings. The van der Waals surface area contributed by atoms with E-state index in [2.05, 4.69) is 4.98 Å². The van der Waals surface area contributed by atoms with Crippen molar-refractivity contribution in [2.24, 2.45) is 0 Å². The molecule has 0 atom stereocenters. The van der Waals surface area contributed by atoms with E-state index in [9.17, 15) is 13.2 Å². The van der Waals surface area contributed by atoms with Gasteiger partial charge in [0.25, 0.3) is 0 Å². The van der Waals surface area contributed by atoms with Crippen LogP contribution in [0.15, 0.2) is 35.4 Å². The number of nitrogens with zero attached hydrogens (tertiary/aromatic N) is 2. The summed E-state index contributed by atoms with van der Waals surface area (Å²) in [6.45, 7) is 14.6. The zero-order valence-corrected chi connectivity index (χ0v) is 19.5. The van der Waals surface area contributed by atoms with Gasteiger partial charge in [-0.25, -0.2) is 13.2 Å². The minimum atomic E-state index is -3.57. The molecule has 7 nitrogen and oxygen atoms in total. The molecular formula is C21H35N3O4S. The number of hydrogen-bond acceptors (Lipinski definition) is 4. The van der Waals surface area contributed by atoms with Gasteiger partial charge in [-0.15, -0.1) is 0 Å². The molecule has 29 heavy (non-hydrogen) atoms. The van der Waals surface area contributed by atoms with Gasteiger partial charge < -0.3 is 14.6 Å². The van der Waals surface area contributed by atoms with E-state index in [0.717, 1.165) is 10.9 Å². The van der Waals surface area contributed by atoms with E-state index in [1.165, 1.54) is 4.31 Å². The van der Waals surface area contributed by atoms with Crippen LogP contribution in [0.5, 0.6) is 0 Å². The van der Waals surface area contributed by atoms with Gasteiger partial charge >= 0.3 is 6.09 Å². The Morgan fingerprint density at radius 2 is 1.59 bits per heavy atom. The van der Waals surface area contributed by atoms with Crippen LogP contribution in [0.2, 0.25) is 0 Å². The van der Waals surface area contributed by atoms with Crippen molar-refractivity contribution in [2.45, 2.75) is 59.0 Å². The number of H-pyrrole nitrogens is 1. The van der Waals surface area contributed by atoms with Crippen LogP contribution in [0.25, 0.3) is 10.9 Å². The first kappa shape index (κ1) is 25.0. The Balaban J connectivity index is 0.000000989. The smallest absolute Gasteiger partial charge is 0.410 e. The summed E-state index contributed by atoms with van der Waals surface area (Å²) < 4.78 is 32.4. The summed E-state index contributed by atoms with van der Waals surface area (Å²) in [6, 6.07) is 6.88. The Hall–Kier alpha value is -2.06. The molecule has 0 unspecified atom stereocenters. The SMILES string of the molecule is CC.CC.CC(C)(C)OC(=O)N1CCN(S(=O)(=O)c2ccc3[nH]ccc3c2)CC1. The largest absolute Gasteiger partial charge is 0.444 e. The van der Waals surface area contributed by atoms with Crippen LogP contribution in [0.1, 0.15) is 48.5 Å². The lowest BCUT2D eigenvalue weighted by atomic mass is 10.2. The number of nitrogens with one attached hydrogen (secondary N) is 1. The second kappa shape index (κ2) is 10.6. The Labute approximate surface area is 175 Å². The molecule has 2 aromatic rings. The monoisotopic (exact) mass is 425 g/mol. The Morgan fingerprint density at radius 3 is 2.14 bits per heavy atom. The molecule has 0 saturated carbocycles. The van der Waals surface area contributed by atoms with E-state index in [1.807, 2.05) is 54.5 Å². The highest BCUT2D eigenvalue weighted by molar-refractivity contribution is 7.89. The molecule has 1 N–H and O–H groups in total. The second-order valence-electron chi connectivity index (χ2n) is 7.10. The molecule has 0 spiro atoms. The number of fused-ring (bicyclic) bond motifs is 1. The van der Waals surface area contributed by atoms with E-state index in [0.29, 0.717) is 13.1 Å². The van der Waals surface area contributed by atoms with Gasteiger partial charge in [-0.2, -0.15) is 4.31 Å². The molecule has 1 fully saturated rings. The van der Waals surface area contributed by atoms with Crippen molar-refractivity contribution in [2.75, 3.05) is 26.2 Å². The number of benzene rings is 1. The summed E-state index contributed by atoms with van der Waals surface area (Å²) >= 11 is 0. The number of piperazine rings is 1. The Kier molecular flexibility index (Phi) is 9.16. The van der Waals surface area contributed by atoms with E-state index in [4.69, 9.17) is 4.74 Å². The molecule has 1 aromatic carbocycles. The second-order valence-corrected chi connectivity index (χ2v) is 9.04. The maximum atomic E-state index is 12.8. The number of amides is 1. The standard InChI is InChI=1S/C17H23N3O4S.2C2H6/c1-17(2,3)24-16(21)19-8-10-20(11-9-19)25(22,23)14-4-5-15-13(12-14)6-7-18-15;2*1-2/h4-7,12,18H,8-11H2,1-3H3;2*1-2H3. The molecule has 1 amide bonds. The zero-order chi connectivity index (χ0) is 22.2. The fourth-order valence-corrected chi connectivity index (χ4v) is 4.24. The van der Waals surface area contributed by atoms with Crippen LogP contribution < -0.4 is 0 Å². The van der Waals surface area contributed by atoms with E-state index in [-0.39, 0.29) is 18.0 Å². The van der Waals surface area contributed by atoms with Gasteiger partial charge in [0.2, 0.25) is 10.0 Å². The highest BCUT2D eigenvalue weighted by atomic mass is 32.2. The highest BCUT2D eigenvalue weighted by Gasteiger charge is 2.32. The van der Waals surface area contributed by atoms with Gasteiger partial charge in [0, 0.05) is 43.3 Å². The number of carbonyl (C=O) groups is 1. The van der Waals surface area contributed by atoms with Crippen LogP contribution in [-0.4, -0.2) is 60.5 Å². The van der Waals surface area contributed by atoms with Crippen LogP contribution in [0.4, 0.5) is 4.79 Å². The zero-order valence-electron chi connectivity index (χ0n) is 18.7. The van der Waals surface area contributed by atoms with Crippen LogP contribution in [0, 0.1) is 0 Å². The van der Waals surface area contributed by atoms with Crippen molar-refractivity contribution in [3.05, 3.63) is 30.5 Å². The third kappa shape index (κ3) is 6.47. The van der Waals surface area contributed by atoms with Crippen molar-refractivity contribution in [3.8, 4) is 0 Å². The minimum Gasteiger partial charge on any atom is -0.444 e.